The van der Waals surface area contributed by atoms with Gasteiger partial charge in [0.15, 0.2) is 0 Å². The topological polar surface area (TPSA) is 40.5 Å². The van der Waals surface area contributed by atoms with Gasteiger partial charge in [0.05, 0.1) is 6.42 Å². The number of halogens is 1. The van der Waals surface area contributed by atoms with Crippen LogP contribution in [0.3, 0.4) is 0 Å². The second-order valence-electron chi connectivity index (χ2n) is 4.20. The van der Waals surface area contributed by atoms with E-state index >= 15 is 0 Å². The van der Waals surface area contributed by atoms with Crippen molar-refractivity contribution in [1.82, 2.24) is 4.90 Å². The lowest BCUT2D eigenvalue weighted by molar-refractivity contribution is -0.139. The van der Waals surface area contributed by atoms with Gasteiger partial charge in [0.2, 0.25) is 0 Å². The van der Waals surface area contributed by atoms with Crippen molar-refractivity contribution in [2.45, 2.75) is 13.0 Å². The molecule has 0 aromatic heterocycles. The molecule has 1 aromatic rings. The summed E-state index contributed by atoms with van der Waals surface area (Å²) in [6.07, 6.45) is 0.230. The molecular formula is C12H13FNO2. The predicted octanol–water partition coefficient (Wildman–Crippen LogP) is 1.53. The third-order valence-electron chi connectivity index (χ3n) is 2.73. The molecular weight excluding hydrogens is 209 g/mol. The highest BCUT2D eigenvalue weighted by atomic mass is 19.1. The molecule has 16 heavy (non-hydrogen) atoms. The van der Waals surface area contributed by atoms with Gasteiger partial charge in [-0.25, -0.2) is 4.39 Å². The monoisotopic (exact) mass is 222 g/mol. The van der Waals surface area contributed by atoms with Crippen molar-refractivity contribution in [2.75, 3.05) is 13.1 Å². The molecule has 1 heterocycles. The van der Waals surface area contributed by atoms with E-state index in [0.29, 0.717) is 6.54 Å². The van der Waals surface area contributed by atoms with Crippen LogP contribution in [-0.4, -0.2) is 29.1 Å². The number of carboxylic acid groups (broad SMARTS) is 1. The molecule has 1 aliphatic heterocycles. The largest absolute Gasteiger partial charge is 0.481 e. The molecule has 0 bridgehead atoms. The number of benzene rings is 1. The number of aliphatic carboxylic acids is 1. The number of likely N-dealkylation sites (tertiary alicyclic amines) is 1. The number of rotatable bonds is 4. The third kappa shape index (κ3) is 2.79. The Kier molecular flexibility index (Phi) is 3.19. The Bertz CT molecular complexity index is 388. The second kappa shape index (κ2) is 4.61. The number of nitrogens with zero attached hydrogens (tertiary/aromatic N) is 1. The summed E-state index contributed by atoms with van der Waals surface area (Å²) >= 11 is 0. The Morgan fingerprint density at radius 1 is 1.62 bits per heavy atom. The zero-order valence-corrected chi connectivity index (χ0v) is 8.82. The molecule has 0 spiro atoms. The van der Waals surface area contributed by atoms with Crippen LogP contribution in [0.1, 0.15) is 12.0 Å². The quantitative estimate of drug-likeness (QED) is 0.840. The van der Waals surface area contributed by atoms with Gasteiger partial charge in [-0.15, -0.1) is 0 Å². The summed E-state index contributed by atoms with van der Waals surface area (Å²) < 4.78 is 12.8. The minimum absolute atomic E-state index is 0.230. The maximum atomic E-state index is 12.8. The first-order valence-electron chi connectivity index (χ1n) is 5.24. The maximum Gasteiger partial charge on any atom is 0.303 e. The van der Waals surface area contributed by atoms with Crippen molar-refractivity contribution in [3.63, 3.8) is 0 Å². The Balaban J connectivity index is 1.79. The molecule has 1 saturated heterocycles. The lowest BCUT2D eigenvalue weighted by Crippen LogP contribution is -2.46. The van der Waals surface area contributed by atoms with Crippen LogP contribution in [0, 0.1) is 17.8 Å². The van der Waals surface area contributed by atoms with Crippen LogP contribution >= 0.6 is 0 Å². The van der Waals surface area contributed by atoms with Crippen molar-refractivity contribution < 1.29 is 14.3 Å². The molecule has 1 fully saturated rings. The Hall–Kier alpha value is -1.42. The van der Waals surface area contributed by atoms with E-state index in [9.17, 15) is 9.18 Å². The number of hydrogen-bond acceptors (Lipinski definition) is 2. The van der Waals surface area contributed by atoms with E-state index in [1.165, 1.54) is 6.07 Å². The normalized spacial score (nSPS) is 17.1. The summed E-state index contributed by atoms with van der Waals surface area (Å²) in [5.41, 5.74) is 0.907. The summed E-state index contributed by atoms with van der Waals surface area (Å²) in [5, 5.41) is 8.59. The molecule has 1 aromatic carbocycles. The standard InChI is InChI=1S/C12H13FNO2/c13-11-3-1-2-9(4-11)6-14-7-10(8-14)5-12(15)16/h1-2,4,10H,5-8H2,(H,15,16). The molecule has 0 unspecified atom stereocenters. The number of hydrogen-bond donors (Lipinski definition) is 1. The first kappa shape index (κ1) is 11.1. The highest BCUT2D eigenvalue weighted by molar-refractivity contribution is 5.67. The predicted molar refractivity (Wildman–Crippen MR) is 56.3 cm³/mol. The molecule has 1 N–H and O–H groups in total. The molecule has 4 heteroatoms. The van der Waals surface area contributed by atoms with E-state index in [0.717, 1.165) is 18.7 Å². The summed E-state index contributed by atoms with van der Waals surface area (Å²) in [5.74, 6) is -0.845. The molecule has 1 radical (unpaired) electrons. The first-order valence-corrected chi connectivity index (χ1v) is 5.24. The zero-order valence-electron chi connectivity index (χ0n) is 8.82. The molecule has 1 aliphatic rings. The van der Waals surface area contributed by atoms with Gasteiger partial charge < -0.3 is 5.11 Å². The van der Waals surface area contributed by atoms with Gasteiger partial charge in [-0.2, -0.15) is 0 Å². The van der Waals surface area contributed by atoms with Gasteiger partial charge in [-0.3, -0.25) is 9.69 Å². The van der Waals surface area contributed by atoms with Gasteiger partial charge in [-0.1, -0.05) is 12.1 Å². The summed E-state index contributed by atoms with van der Waals surface area (Å²) in [6.45, 7) is 2.25. The van der Waals surface area contributed by atoms with E-state index in [4.69, 9.17) is 5.11 Å². The first-order chi connectivity index (χ1) is 7.63. The average molecular weight is 222 g/mol. The average Bonchev–Trinajstić information content (AvgIpc) is 2.14. The smallest absolute Gasteiger partial charge is 0.303 e. The van der Waals surface area contributed by atoms with Gasteiger partial charge >= 0.3 is 5.97 Å². The minimum atomic E-state index is -0.745. The van der Waals surface area contributed by atoms with E-state index in [-0.39, 0.29) is 18.2 Å². The Morgan fingerprint density at radius 3 is 3.00 bits per heavy atom. The van der Waals surface area contributed by atoms with Crippen LogP contribution in [0.2, 0.25) is 0 Å². The van der Waals surface area contributed by atoms with Crippen molar-refractivity contribution in [3.05, 3.63) is 35.6 Å². The highest BCUT2D eigenvalue weighted by Gasteiger charge is 2.28. The fraction of sp³-hybridized carbons (Fsp3) is 0.417. The van der Waals surface area contributed by atoms with Gasteiger partial charge in [0.25, 0.3) is 0 Å². The summed E-state index contributed by atoms with van der Waals surface area (Å²) in [7, 11) is 0. The lowest BCUT2D eigenvalue weighted by atomic mass is 9.96. The van der Waals surface area contributed by atoms with E-state index in [2.05, 4.69) is 11.0 Å². The van der Waals surface area contributed by atoms with E-state index < -0.39 is 5.97 Å². The van der Waals surface area contributed by atoms with Crippen LogP contribution in [0.5, 0.6) is 0 Å². The van der Waals surface area contributed by atoms with E-state index in [1.54, 1.807) is 6.07 Å². The Morgan fingerprint density at radius 2 is 2.38 bits per heavy atom. The Labute approximate surface area is 93.5 Å². The molecule has 0 aliphatic carbocycles. The lowest BCUT2D eigenvalue weighted by Gasteiger charge is -2.38. The van der Waals surface area contributed by atoms with Crippen LogP contribution in [0.25, 0.3) is 0 Å². The maximum absolute atomic E-state index is 12.8. The van der Waals surface area contributed by atoms with Crippen LogP contribution in [-0.2, 0) is 11.3 Å². The van der Waals surface area contributed by atoms with Gasteiger partial charge in [0, 0.05) is 25.7 Å². The van der Waals surface area contributed by atoms with Crippen LogP contribution < -0.4 is 0 Å². The van der Waals surface area contributed by atoms with E-state index in [1.807, 2.05) is 6.07 Å². The third-order valence-corrected chi connectivity index (χ3v) is 2.73. The summed E-state index contributed by atoms with van der Waals surface area (Å²) in [6, 6.07) is 7.31. The van der Waals surface area contributed by atoms with Crippen LogP contribution in [0.15, 0.2) is 18.2 Å². The molecule has 2 rings (SSSR count). The van der Waals surface area contributed by atoms with Gasteiger partial charge in [-0.05, 0) is 17.5 Å². The van der Waals surface area contributed by atoms with Crippen molar-refractivity contribution in [2.24, 2.45) is 5.92 Å². The zero-order chi connectivity index (χ0) is 11.5. The second-order valence-corrected chi connectivity index (χ2v) is 4.20. The molecule has 3 nitrogen and oxygen atoms in total. The molecule has 0 atom stereocenters. The fourth-order valence-corrected chi connectivity index (χ4v) is 2.02. The molecule has 85 valence electrons. The van der Waals surface area contributed by atoms with Crippen LogP contribution in [0.4, 0.5) is 4.39 Å². The SMILES string of the molecule is O=C(O)CC1CN(Cc2cc[c]c(F)c2)C1. The highest BCUT2D eigenvalue weighted by Crippen LogP contribution is 2.21. The molecule has 0 saturated carbocycles. The fourth-order valence-electron chi connectivity index (χ4n) is 2.02. The number of carboxylic acids is 1. The molecule has 0 amide bonds. The van der Waals surface area contributed by atoms with Gasteiger partial charge in [0.1, 0.15) is 5.82 Å². The van der Waals surface area contributed by atoms with Crippen molar-refractivity contribution >= 4 is 5.97 Å². The minimum Gasteiger partial charge on any atom is -0.481 e. The summed E-state index contributed by atoms with van der Waals surface area (Å²) in [4.78, 5) is 12.6. The number of carbonyl (C=O) groups is 1. The van der Waals surface area contributed by atoms with Crippen molar-refractivity contribution in [3.8, 4) is 0 Å². The van der Waals surface area contributed by atoms with Crippen molar-refractivity contribution in [1.29, 1.82) is 0 Å².